The van der Waals surface area contributed by atoms with Crippen LogP contribution in [0.2, 0.25) is 0 Å². The van der Waals surface area contributed by atoms with Gasteiger partial charge < -0.3 is 19.0 Å². The van der Waals surface area contributed by atoms with Crippen LogP contribution in [0.25, 0.3) is 11.1 Å². The number of likely N-dealkylation sites (N-methyl/N-ethyl adjacent to an activating group) is 1. The second-order valence-electron chi connectivity index (χ2n) is 5.71. The SMILES string of the molecule is COCCN(C)C[C@H]1CCCN1c1nc2ccccc2o1. The predicted molar refractivity (Wildman–Crippen MR) is 83.8 cm³/mol. The molecule has 1 fully saturated rings. The number of para-hydroxylation sites is 2. The van der Waals surface area contributed by atoms with Crippen LogP contribution < -0.4 is 4.90 Å². The smallest absolute Gasteiger partial charge is 0.298 e. The lowest BCUT2D eigenvalue weighted by Crippen LogP contribution is -2.40. The summed E-state index contributed by atoms with van der Waals surface area (Å²) in [4.78, 5) is 9.25. The maximum Gasteiger partial charge on any atom is 0.298 e. The van der Waals surface area contributed by atoms with Crippen LogP contribution >= 0.6 is 0 Å². The minimum Gasteiger partial charge on any atom is -0.423 e. The van der Waals surface area contributed by atoms with E-state index < -0.39 is 0 Å². The van der Waals surface area contributed by atoms with Gasteiger partial charge in [-0.15, -0.1) is 0 Å². The van der Waals surface area contributed by atoms with Crippen molar-refractivity contribution in [3.63, 3.8) is 0 Å². The third-order valence-corrected chi connectivity index (χ3v) is 4.10. The molecule has 1 aromatic carbocycles. The number of ether oxygens (including phenoxy) is 1. The first-order valence-corrected chi connectivity index (χ1v) is 7.57. The number of fused-ring (bicyclic) bond motifs is 1. The number of hydrogen-bond donors (Lipinski definition) is 0. The van der Waals surface area contributed by atoms with Gasteiger partial charge >= 0.3 is 0 Å². The third-order valence-electron chi connectivity index (χ3n) is 4.10. The number of hydrogen-bond acceptors (Lipinski definition) is 5. The van der Waals surface area contributed by atoms with E-state index in [2.05, 4.69) is 21.8 Å². The Labute approximate surface area is 125 Å². The highest BCUT2D eigenvalue weighted by Gasteiger charge is 2.29. The van der Waals surface area contributed by atoms with Crippen LogP contribution in [0.3, 0.4) is 0 Å². The molecule has 1 aromatic heterocycles. The largest absolute Gasteiger partial charge is 0.423 e. The lowest BCUT2D eigenvalue weighted by molar-refractivity contribution is 0.158. The van der Waals surface area contributed by atoms with E-state index in [1.807, 2.05) is 24.3 Å². The molecule has 2 heterocycles. The fourth-order valence-electron chi connectivity index (χ4n) is 2.96. The Kier molecular flexibility index (Phi) is 4.41. The molecule has 1 aliphatic heterocycles. The van der Waals surface area contributed by atoms with E-state index in [-0.39, 0.29) is 0 Å². The second kappa shape index (κ2) is 6.45. The number of anilines is 1. The number of methoxy groups -OCH3 is 1. The zero-order valence-electron chi connectivity index (χ0n) is 12.8. The molecule has 5 heteroatoms. The lowest BCUT2D eigenvalue weighted by atomic mass is 10.2. The van der Waals surface area contributed by atoms with Crippen LogP contribution in [0.5, 0.6) is 0 Å². The van der Waals surface area contributed by atoms with E-state index in [0.717, 1.165) is 43.4 Å². The van der Waals surface area contributed by atoms with Gasteiger partial charge in [0.1, 0.15) is 5.52 Å². The van der Waals surface area contributed by atoms with Crippen molar-refractivity contribution in [1.29, 1.82) is 0 Å². The Morgan fingerprint density at radius 1 is 1.43 bits per heavy atom. The highest BCUT2D eigenvalue weighted by molar-refractivity contribution is 5.74. The summed E-state index contributed by atoms with van der Waals surface area (Å²) >= 11 is 0. The van der Waals surface area contributed by atoms with Crippen LogP contribution in [0.4, 0.5) is 6.01 Å². The van der Waals surface area contributed by atoms with Crippen LogP contribution in [0, 0.1) is 0 Å². The van der Waals surface area contributed by atoms with Gasteiger partial charge in [-0.25, -0.2) is 0 Å². The van der Waals surface area contributed by atoms with Gasteiger partial charge in [0.2, 0.25) is 0 Å². The predicted octanol–water partition coefficient (Wildman–Crippen LogP) is 2.37. The average Bonchev–Trinajstić information content (AvgIpc) is 3.10. The molecule has 0 N–H and O–H groups in total. The topological polar surface area (TPSA) is 41.7 Å². The zero-order chi connectivity index (χ0) is 14.7. The van der Waals surface area contributed by atoms with Gasteiger partial charge in [0.05, 0.1) is 6.61 Å². The first-order valence-electron chi connectivity index (χ1n) is 7.57. The Bertz CT molecular complexity index is 551. The maximum absolute atomic E-state index is 5.92. The van der Waals surface area contributed by atoms with Crippen molar-refractivity contribution >= 4 is 17.1 Å². The Morgan fingerprint density at radius 2 is 2.29 bits per heavy atom. The molecule has 0 amide bonds. The molecule has 0 bridgehead atoms. The lowest BCUT2D eigenvalue weighted by Gasteiger charge is -2.27. The summed E-state index contributed by atoms with van der Waals surface area (Å²) in [6, 6.07) is 9.19. The molecular formula is C16H23N3O2. The minimum absolute atomic E-state index is 0.472. The van der Waals surface area contributed by atoms with E-state index in [1.54, 1.807) is 7.11 Å². The molecule has 0 spiro atoms. The molecular weight excluding hydrogens is 266 g/mol. The van der Waals surface area contributed by atoms with E-state index >= 15 is 0 Å². The third kappa shape index (κ3) is 3.19. The van der Waals surface area contributed by atoms with Gasteiger partial charge in [0, 0.05) is 32.8 Å². The molecule has 3 rings (SSSR count). The molecule has 2 aromatic rings. The van der Waals surface area contributed by atoms with Crippen molar-refractivity contribution in [2.75, 3.05) is 45.3 Å². The Balaban J connectivity index is 1.71. The monoisotopic (exact) mass is 289 g/mol. The second-order valence-corrected chi connectivity index (χ2v) is 5.71. The summed E-state index contributed by atoms with van der Waals surface area (Å²) in [5.41, 5.74) is 1.80. The van der Waals surface area contributed by atoms with Gasteiger partial charge in [0.15, 0.2) is 5.58 Å². The molecule has 0 radical (unpaired) electrons. The van der Waals surface area contributed by atoms with Gasteiger partial charge in [-0.05, 0) is 32.0 Å². The molecule has 1 atom stereocenters. The molecule has 0 saturated carbocycles. The number of rotatable bonds is 6. The molecule has 21 heavy (non-hydrogen) atoms. The number of oxazole rings is 1. The molecule has 0 unspecified atom stereocenters. The van der Waals surface area contributed by atoms with Crippen LogP contribution in [-0.2, 0) is 4.74 Å². The van der Waals surface area contributed by atoms with Crippen LogP contribution in [-0.4, -0.2) is 56.3 Å². The van der Waals surface area contributed by atoms with Crippen molar-refractivity contribution in [1.82, 2.24) is 9.88 Å². The summed E-state index contributed by atoms with van der Waals surface area (Å²) in [6.07, 6.45) is 2.39. The summed E-state index contributed by atoms with van der Waals surface area (Å²) in [5, 5.41) is 0. The van der Waals surface area contributed by atoms with Gasteiger partial charge in [-0.3, -0.25) is 0 Å². The summed E-state index contributed by atoms with van der Waals surface area (Å²) < 4.78 is 11.1. The molecule has 114 valence electrons. The van der Waals surface area contributed by atoms with Crippen LogP contribution in [0.15, 0.2) is 28.7 Å². The normalized spacial score (nSPS) is 19.0. The van der Waals surface area contributed by atoms with E-state index in [0.29, 0.717) is 6.04 Å². The summed E-state index contributed by atoms with van der Waals surface area (Å²) in [6.45, 7) is 3.76. The van der Waals surface area contributed by atoms with E-state index in [4.69, 9.17) is 9.15 Å². The molecule has 1 aliphatic rings. The highest BCUT2D eigenvalue weighted by atomic mass is 16.5. The highest BCUT2D eigenvalue weighted by Crippen LogP contribution is 2.28. The quantitative estimate of drug-likeness (QED) is 0.816. The van der Waals surface area contributed by atoms with Crippen LogP contribution in [0.1, 0.15) is 12.8 Å². The van der Waals surface area contributed by atoms with Crippen molar-refractivity contribution in [3.8, 4) is 0 Å². The first-order chi connectivity index (χ1) is 10.3. The van der Waals surface area contributed by atoms with Crippen molar-refractivity contribution < 1.29 is 9.15 Å². The van der Waals surface area contributed by atoms with E-state index in [1.165, 1.54) is 12.8 Å². The fraction of sp³-hybridized carbons (Fsp3) is 0.562. The number of benzene rings is 1. The number of aromatic nitrogens is 1. The summed E-state index contributed by atoms with van der Waals surface area (Å²) in [7, 11) is 3.88. The minimum atomic E-state index is 0.472. The number of nitrogens with zero attached hydrogens (tertiary/aromatic N) is 3. The fourth-order valence-corrected chi connectivity index (χ4v) is 2.96. The summed E-state index contributed by atoms with van der Waals surface area (Å²) in [5.74, 6) is 0. The Morgan fingerprint density at radius 3 is 3.10 bits per heavy atom. The van der Waals surface area contributed by atoms with E-state index in [9.17, 15) is 0 Å². The maximum atomic E-state index is 5.92. The van der Waals surface area contributed by atoms with Gasteiger partial charge in [-0.2, -0.15) is 4.98 Å². The van der Waals surface area contributed by atoms with Crippen molar-refractivity contribution in [2.45, 2.75) is 18.9 Å². The average molecular weight is 289 g/mol. The van der Waals surface area contributed by atoms with Gasteiger partial charge in [0.25, 0.3) is 6.01 Å². The van der Waals surface area contributed by atoms with Crippen molar-refractivity contribution in [3.05, 3.63) is 24.3 Å². The zero-order valence-corrected chi connectivity index (χ0v) is 12.8. The van der Waals surface area contributed by atoms with Gasteiger partial charge in [-0.1, -0.05) is 12.1 Å². The molecule has 1 saturated heterocycles. The Hall–Kier alpha value is -1.59. The molecule has 5 nitrogen and oxygen atoms in total. The molecule has 0 aliphatic carbocycles. The van der Waals surface area contributed by atoms with Crippen molar-refractivity contribution in [2.24, 2.45) is 0 Å². The first kappa shape index (κ1) is 14.4. The standard InChI is InChI=1S/C16H23N3O2/c1-18(10-11-20-2)12-13-6-5-9-19(13)16-17-14-7-3-4-8-15(14)21-16/h3-4,7-8,13H,5-6,9-12H2,1-2H3/t13-/m1/s1.